The molecule has 0 fully saturated rings. The molecule has 1 aromatic carbocycles. The highest BCUT2D eigenvalue weighted by atomic mass is 35.5. The molecule has 0 heterocycles. The Morgan fingerprint density at radius 2 is 2.29 bits per heavy atom. The molecule has 76 valence electrons. The number of nitrogens with two attached hydrogens (primary N) is 1. The lowest BCUT2D eigenvalue weighted by molar-refractivity contribution is 0.158. The van der Waals surface area contributed by atoms with Crippen LogP contribution in [0.3, 0.4) is 0 Å². The lowest BCUT2D eigenvalue weighted by atomic mass is 10.1. The van der Waals surface area contributed by atoms with Crippen molar-refractivity contribution in [1.29, 1.82) is 0 Å². The van der Waals surface area contributed by atoms with Crippen LogP contribution in [0.5, 0.6) is 0 Å². The van der Waals surface area contributed by atoms with E-state index in [1.165, 1.54) is 6.07 Å². The van der Waals surface area contributed by atoms with E-state index in [-0.39, 0.29) is 18.1 Å². The first-order chi connectivity index (χ1) is 6.61. The SMILES string of the molecule is NC(=O)OCCc1cccc(Cl)c1F. The Balaban J connectivity index is 2.59. The number of carbonyl (C=O) groups is 1. The smallest absolute Gasteiger partial charge is 0.404 e. The van der Waals surface area contributed by atoms with Crippen molar-refractivity contribution in [2.75, 3.05) is 6.61 Å². The van der Waals surface area contributed by atoms with Gasteiger partial charge >= 0.3 is 6.09 Å². The normalized spacial score (nSPS) is 9.86. The number of halogens is 2. The van der Waals surface area contributed by atoms with Crippen molar-refractivity contribution in [2.45, 2.75) is 6.42 Å². The molecule has 5 heteroatoms. The van der Waals surface area contributed by atoms with Gasteiger partial charge in [0.05, 0.1) is 11.6 Å². The number of rotatable bonds is 3. The van der Waals surface area contributed by atoms with Crippen molar-refractivity contribution < 1.29 is 13.9 Å². The number of carbonyl (C=O) groups excluding carboxylic acids is 1. The average molecular weight is 218 g/mol. The van der Waals surface area contributed by atoms with Gasteiger partial charge in [-0.05, 0) is 11.6 Å². The minimum Gasteiger partial charge on any atom is -0.449 e. The van der Waals surface area contributed by atoms with Gasteiger partial charge in [0.2, 0.25) is 0 Å². The Morgan fingerprint density at radius 1 is 1.57 bits per heavy atom. The average Bonchev–Trinajstić information content (AvgIpc) is 2.12. The standard InChI is InChI=1S/C9H9ClFNO2/c10-7-3-1-2-6(8(7)11)4-5-14-9(12)13/h1-3H,4-5H2,(H2,12,13). The number of hydrogen-bond acceptors (Lipinski definition) is 2. The summed E-state index contributed by atoms with van der Waals surface area (Å²) in [5, 5.41) is 0.0570. The fourth-order valence-electron chi connectivity index (χ4n) is 1.00. The maximum atomic E-state index is 13.2. The third kappa shape index (κ3) is 2.88. The molecule has 0 aliphatic carbocycles. The molecule has 14 heavy (non-hydrogen) atoms. The summed E-state index contributed by atoms with van der Waals surface area (Å²) in [6.45, 7) is 0.0482. The molecule has 0 aliphatic heterocycles. The molecule has 1 amide bonds. The third-order valence-corrected chi connectivity index (χ3v) is 1.94. The highest BCUT2D eigenvalue weighted by molar-refractivity contribution is 6.30. The number of amides is 1. The van der Waals surface area contributed by atoms with Crippen LogP contribution < -0.4 is 5.73 Å². The van der Waals surface area contributed by atoms with E-state index >= 15 is 0 Å². The Bertz CT molecular complexity index is 344. The van der Waals surface area contributed by atoms with Gasteiger partial charge in [0.15, 0.2) is 0 Å². The molecule has 0 saturated carbocycles. The van der Waals surface area contributed by atoms with Crippen LogP contribution >= 0.6 is 11.6 Å². The predicted molar refractivity (Wildman–Crippen MR) is 50.6 cm³/mol. The van der Waals surface area contributed by atoms with Crippen molar-refractivity contribution in [2.24, 2.45) is 5.73 Å². The first-order valence-electron chi connectivity index (χ1n) is 3.96. The lowest BCUT2D eigenvalue weighted by Gasteiger charge is -2.04. The molecule has 2 N–H and O–H groups in total. The second-order valence-corrected chi connectivity index (χ2v) is 3.04. The van der Waals surface area contributed by atoms with E-state index in [9.17, 15) is 9.18 Å². The zero-order valence-corrected chi connectivity index (χ0v) is 8.05. The maximum Gasteiger partial charge on any atom is 0.404 e. The van der Waals surface area contributed by atoms with Gasteiger partial charge in [0.1, 0.15) is 5.82 Å². The van der Waals surface area contributed by atoms with Gasteiger partial charge in [0.25, 0.3) is 0 Å². The molecule has 0 aromatic heterocycles. The quantitative estimate of drug-likeness (QED) is 0.843. The van der Waals surface area contributed by atoms with Gasteiger partial charge in [-0.15, -0.1) is 0 Å². The monoisotopic (exact) mass is 217 g/mol. The summed E-state index contributed by atoms with van der Waals surface area (Å²) < 4.78 is 17.7. The summed E-state index contributed by atoms with van der Waals surface area (Å²) in [5.41, 5.74) is 5.15. The van der Waals surface area contributed by atoms with Crippen LogP contribution in [-0.2, 0) is 11.2 Å². The highest BCUT2D eigenvalue weighted by Gasteiger charge is 2.06. The summed E-state index contributed by atoms with van der Waals surface area (Å²) in [6.07, 6.45) is -0.609. The van der Waals surface area contributed by atoms with Crippen LogP contribution in [-0.4, -0.2) is 12.7 Å². The second-order valence-electron chi connectivity index (χ2n) is 2.63. The van der Waals surface area contributed by atoms with Crippen molar-refractivity contribution >= 4 is 17.7 Å². The van der Waals surface area contributed by atoms with Gasteiger partial charge in [-0.2, -0.15) is 0 Å². The molecule has 0 bridgehead atoms. The minimum atomic E-state index is -0.868. The van der Waals surface area contributed by atoms with Gasteiger partial charge in [-0.3, -0.25) is 0 Å². The van der Waals surface area contributed by atoms with Gasteiger partial charge in [0, 0.05) is 6.42 Å². The molecule has 3 nitrogen and oxygen atoms in total. The van der Waals surface area contributed by atoms with Crippen LogP contribution in [0.15, 0.2) is 18.2 Å². The molecule has 1 aromatic rings. The van der Waals surface area contributed by atoms with E-state index in [1.807, 2.05) is 0 Å². The van der Waals surface area contributed by atoms with E-state index in [1.54, 1.807) is 12.1 Å². The fourth-order valence-corrected chi connectivity index (χ4v) is 1.20. The first kappa shape index (κ1) is 10.8. The molecular weight excluding hydrogens is 209 g/mol. The van der Waals surface area contributed by atoms with Crippen molar-refractivity contribution in [3.05, 3.63) is 34.6 Å². The summed E-state index contributed by atoms with van der Waals surface area (Å²) in [5.74, 6) is -0.484. The summed E-state index contributed by atoms with van der Waals surface area (Å²) in [4.78, 5) is 10.2. The predicted octanol–water partition coefficient (Wildman–Crippen LogP) is 2.12. The minimum absolute atomic E-state index is 0.0482. The molecular formula is C9H9ClFNO2. The zero-order chi connectivity index (χ0) is 10.6. The summed E-state index contributed by atoms with van der Waals surface area (Å²) in [6, 6.07) is 4.66. The lowest BCUT2D eigenvalue weighted by Crippen LogP contribution is -2.15. The Morgan fingerprint density at radius 3 is 2.93 bits per heavy atom. The first-order valence-corrected chi connectivity index (χ1v) is 4.34. The van der Waals surface area contributed by atoms with Crippen LogP contribution in [0.25, 0.3) is 0 Å². The van der Waals surface area contributed by atoms with Crippen LogP contribution in [0.1, 0.15) is 5.56 Å². The van der Waals surface area contributed by atoms with Crippen molar-refractivity contribution in [3.8, 4) is 0 Å². The van der Waals surface area contributed by atoms with Gasteiger partial charge in [-0.1, -0.05) is 23.7 Å². The van der Waals surface area contributed by atoms with E-state index in [0.717, 1.165) is 0 Å². The van der Waals surface area contributed by atoms with Gasteiger partial charge < -0.3 is 10.5 Å². The van der Waals surface area contributed by atoms with Gasteiger partial charge in [-0.25, -0.2) is 9.18 Å². The van der Waals surface area contributed by atoms with E-state index in [4.69, 9.17) is 17.3 Å². The zero-order valence-electron chi connectivity index (χ0n) is 7.30. The number of primary amides is 1. The molecule has 0 saturated heterocycles. The van der Waals surface area contributed by atoms with Crippen molar-refractivity contribution in [1.82, 2.24) is 0 Å². The molecule has 0 aliphatic rings. The van der Waals surface area contributed by atoms with Crippen LogP contribution in [0.2, 0.25) is 5.02 Å². The Labute approximate surface area is 85.6 Å². The molecule has 0 unspecified atom stereocenters. The fraction of sp³-hybridized carbons (Fsp3) is 0.222. The molecule has 0 spiro atoms. The maximum absolute atomic E-state index is 13.2. The number of benzene rings is 1. The summed E-state index contributed by atoms with van der Waals surface area (Å²) >= 11 is 5.55. The van der Waals surface area contributed by atoms with Crippen LogP contribution in [0.4, 0.5) is 9.18 Å². The van der Waals surface area contributed by atoms with E-state index in [0.29, 0.717) is 5.56 Å². The Hall–Kier alpha value is -1.29. The second kappa shape index (κ2) is 4.81. The molecule has 0 radical (unpaired) electrons. The van der Waals surface area contributed by atoms with Crippen LogP contribution in [0, 0.1) is 5.82 Å². The number of hydrogen-bond donors (Lipinski definition) is 1. The highest BCUT2D eigenvalue weighted by Crippen LogP contribution is 2.18. The number of ether oxygens (including phenoxy) is 1. The Kier molecular flexibility index (Phi) is 3.71. The molecule has 1 rings (SSSR count). The van der Waals surface area contributed by atoms with E-state index < -0.39 is 11.9 Å². The third-order valence-electron chi connectivity index (χ3n) is 1.65. The molecule has 0 atom stereocenters. The summed E-state index contributed by atoms with van der Waals surface area (Å²) in [7, 11) is 0. The van der Waals surface area contributed by atoms with E-state index in [2.05, 4.69) is 4.74 Å². The largest absolute Gasteiger partial charge is 0.449 e. The van der Waals surface area contributed by atoms with Crippen molar-refractivity contribution in [3.63, 3.8) is 0 Å². The topological polar surface area (TPSA) is 52.3 Å².